The average Bonchev–Trinajstić information content (AvgIpc) is 2.30. The highest BCUT2D eigenvalue weighted by molar-refractivity contribution is 5.35. The first-order valence-corrected chi connectivity index (χ1v) is 5.94. The van der Waals surface area contributed by atoms with E-state index in [1.165, 1.54) is 5.56 Å². The molecule has 0 bridgehead atoms. The summed E-state index contributed by atoms with van der Waals surface area (Å²) < 4.78 is 5.60. The molecule has 0 fully saturated rings. The van der Waals surface area contributed by atoms with Crippen molar-refractivity contribution in [1.82, 2.24) is 5.32 Å². The second-order valence-corrected chi connectivity index (χ2v) is 3.79. The predicted molar refractivity (Wildman–Crippen MR) is 67.7 cm³/mol. The Morgan fingerprint density at radius 3 is 2.81 bits per heavy atom. The number of hydrogen-bond acceptors (Lipinski definition) is 3. The van der Waals surface area contributed by atoms with E-state index < -0.39 is 0 Å². The van der Waals surface area contributed by atoms with Crippen LogP contribution in [0, 0.1) is 0 Å². The van der Waals surface area contributed by atoms with Crippen LogP contribution in [-0.2, 0) is 0 Å². The van der Waals surface area contributed by atoms with Crippen LogP contribution in [0.1, 0.15) is 31.9 Å². The molecular weight excluding hydrogens is 200 g/mol. The highest BCUT2D eigenvalue weighted by Crippen LogP contribution is 2.24. The molecule has 0 aliphatic rings. The third kappa shape index (κ3) is 3.83. The molecule has 0 radical (unpaired) electrons. The van der Waals surface area contributed by atoms with Crippen molar-refractivity contribution in [2.45, 2.75) is 26.3 Å². The van der Waals surface area contributed by atoms with Crippen molar-refractivity contribution in [2.24, 2.45) is 5.73 Å². The maximum Gasteiger partial charge on any atom is 0.124 e. The molecule has 16 heavy (non-hydrogen) atoms. The fourth-order valence-corrected chi connectivity index (χ4v) is 1.66. The normalized spacial score (nSPS) is 12.4. The molecule has 3 heteroatoms. The number of nitrogens with one attached hydrogen (secondary N) is 1. The predicted octanol–water partition coefficient (Wildman–Crippen LogP) is 2.08. The lowest BCUT2D eigenvalue weighted by atomic mass is 10.1. The summed E-state index contributed by atoms with van der Waals surface area (Å²) in [6, 6.07) is 8.46. The maximum absolute atomic E-state index is 5.60. The van der Waals surface area contributed by atoms with Crippen LogP contribution in [0.15, 0.2) is 24.3 Å². The van der Waals surface area contributed by atoms with Gasteiger partial charge in [-0.15, -0.1) is 0 Å². The summed E-state index contributed by atoms with van der Waals surface area (Å²) in [5.74, 6) is 0.970. The summed E-state index contributed by atoms with van der Waals surface area (Å²) in [5, 5.41) is 3.44. The van der Waals surface area contributed by atoms with Gasteiger partial charge < -0.3 is 15.8 Å². The van der Waals surface area contributed by atoms with E-state index in [0.717, 1.165) is 25.3 Å². The van der Waals surface area contributed by atoms with Gasteiger partial charge in [0.25, 0.3) is 0 Å². The van der Waals surface area contributed by atoms with E-state index in [0.29, 0.717) is 12.6 Å². The molecule has 3 nitrogen and oxygen atoms in total. The Morgan fingerprint density at radius 2 is 2.12 bits per heavy atom. The van der Waals surface area contributed by atoms with Crippen molar-refractivity contribution in [1.29, 1.82) is 0 Å². The van der Waals surface area contributed by atoms with E-state index in [4.69, 9.17) is 10.5 Å². The van der Waals surface area contributed by atoms with E-state index in [2.05, 4.69) is 18.3 Å². The lowest BCUT2D eigenvalue weighted by Crippen LogP contribution is -2.22. The van der Waals surface area contributed by atoms with E-state index in [-0.39, 0.29) is 0 Å². The van der Waals surface area contributed by atoms with E-state index >= 15 is 0 Å². The van der Waals surface area contributed by atoms with Gasteiger partial charge in [-0.3, -0.25) is 0 Å². The highest BCUT2D eigenvalue weighted by atomic mass is 16.5. The molecule has 0 spiro atoms. The molecule has 1 aromatic rings. The van der Waals surface area contributed by atoms with Crippen molar-refractivity contribution >= 4 is 0 Å². The molecule has 0 saturated carbocycles. The van der Waals surface area contributed by atoms with Gasteiger partial charge >= 0.3 is 0 Å². The molecule has 1 aromatic carbocycles. The van der Waals surface area contributed by atoms with Gasteiger partial charge in [0.15, 0.2) is 0 Å². The fraction of sp³-hybridized carbons (Fsp3) is 0.538. The fourth-order valence-electron chi connectivity index (χ4n) is 1.66. The average molecular weight is 222 g/mol. The van der Waals surface area contributed by atoms with E-state index in [1.807, 2.05) is 25.1 Å². The van der Waals surface area contributed by atoms with Crippen molar-refractivity contribution < 1.29 is 4.74 Å². The molecule has 90 valence electrons. The highest BCUT2D eigenvalue weighted by Gasteiger charge is 2.09. The minimum Gasteiger partial charge on any atom is -0.494 e. The minimum atomic E-state index is 0.300. The Bertz CT molecular complexity index is 302. The topological polar surface area (TPSA) is 47.3 Å². The van der Waals surface area contributed by atoms with Crippen LogP contribution in [0.3, 0.4) is 0 Å². The van der Waals surface area contributed by atoms with E-state index in [9.17, 15) is 0 Å². The zero-order chi connectivity index (χ0) is 11.8. The van der Waals surface area contributed by atoms with Crippen LogP contribution in [0.25, 0.3) is 0 Å². The third-order valence-electron chi connectivity index (χ3n) is 2.52. The van der Waals surface area contributed by atoms with Crippen LogP contribution in [0.2, 0.25) is 0 Å². The number of nitrogens with two attached hydrogens (primary N) is 1. The summed E-state index contributed by atoms with van der Waals surface area (Å²) in [6.45, 7) is 6.52. The number of para-hydroxylation sites is 1. The maximum atomic E-state index is 5.60. The smallest absolute Gasteiger partial charge is 0.124 e. The molecule has 0 aliphatic carbocycles. The van der Waals surface area contributed by atoms with Gasteiger partial charge in [0.1, 0.15) is 5.75 Å². The molecule has 1 unspecified atom stereocenters. The van der Waals surface area contributed by atoms with Crippen LogP contribution in [0.5, 0.6) is 5.75 Å². The molecule has 0 saturated heterocycles. The van der Waals surface area contributed by atoms with Crippen molar-refractivity contribution in [2.75, 3.05) is 19.7 Å². The second kappa shape index (κ2) is 7.25. The Morgan fingerprint density at radius 1 is 1.38 bits per heavy atom. The molecular formula is C13H22N2O. The van der Waals surface area contributed by atoms with Crippen LogP contribution >= 0.6 is 0 Å². The van der Waals surface area contributed by atoms with Gasteiger partial charge in [-0.1, -0.05) is 18.2 Å². The molecule has 0 aliphatic heterocycles. The molecule has 0 amide bonds. The Kier molecular flexibility index (Phi) is 5.90. The summed E-state index contributed by atoms with van der Waals surface area (Å²) in [6.07, 6.45) is 1.00. The zero-order valence-electron chi connectivity index (χ0n) is 10.2. The standard InChI is InChI=1S/C13H22N2O/c1-3-16-13-8-5-4-7-12(13)11(2)15-10-6-9-14/h4-5,7-8,11,15H,3,6,9-10,14H2,1-2H3. The number of benzene rings is 1. The summed E-state index contributed by atoms with van der Waals surface area (Å²) >= 11 is 0. The SMILES string of the molecule is CCOc1ccccc1C(C)NCCCN. The van der Waals surface area contributed by atoms with Crippen LogP contribution in [0.4, 0.5) is 0 Å². The lowest BCUT2D eigenvalue weighted by Gasteiger charge is -2.17. The van der Waals surface area contributed by atoms with Crippen molar-refractivity contribution in [3.8, 4) is 5.75 Å². The van der Waals surface area contributed by atoms with E-state index in [1.54, 1.807) is 0 Å². The molecule has 1 rings (SSSR count). The van der Waals surface area contributed by atoms with Gasteiger partial charge in [0.2, 0.25) is 0 Å². The largest absolute Gasteiger partial charge is 0.494 e. The van der Waals surface area contributed by atoms with Crippen molar-refractivity contribution in [3.05, 3.63) is 29.8 Å². The Labute approximate surface area is 98.0 Å². The third-order valence-corrected chi connectivity index (χ3v) is 2.52. The molecule has 0 heterocycles. The summed E-state index contributed by atoms with van der Waals surface area (Å²) in [7, 11) is 0. The molecule has 3 N–H and O–H groups in total. The lowest BCUT2D eigenvalue weighted by molar-refractivity contribution is 0.332. The van der Waals surface area contributed by atoms with Gasteiger partial charge in [-0.05, 0) is 39.4 Å². The first-order valence-electron chi connectivity index (χ1n) is 5.94. The van der Waals surface area contributed by atoms with Crippen LogP contribution < -0.4 is 15.8 Å². The Hall–Kier alpha value is -1.06. The van der Waals surface area contributed by atoms with Crippen LogP contribution in [-0.4, -0.2) is 19.7 Å². The van der Waals surface area contributed by atoms with Gasteiger partial charge in [0.05, 0.1) is 6.61 Å². The summed E-state index contributed by atoms with van der Waals surface area (Å²) in [5.41, 5.74) is 6.68. The van der Waals surface area contributed by atoms with Crippen molar-refractivity contribution in [3.63, 3.8) is 0 Å². The number of ether oxygens (including phenoxy) is 1. The molecule has 1 atom stereocenters. The zero-order valence-corrected chi connectivity index (χ0v) is 10.2. The Balaban J connectivity index is 2.62. The summed E-state index contributed by atoms with van der Waals surface area (Å²) in [4.78, 5) is 0. The number of hydrogen-bond donors (Lipinski definition) is 2. The second-order valence-electron chi connectivity index (χ2n) is 3.79. The quantitative estimate of drug-likeness (QED) is 0.694. The minimum absolute atomic E-state index is 0.300. The number of rotatable bonds is 7. The van der Waals surface area contributed by atoms with Gasteiger partial charge in [-0.25, -0.2) is 0 Å². The van der Waals surface area contributed by atoms with Gasteiger partial charge in [0, 0.05) is 11.6 Å². The first-order chi connectivity index (χ1) is 7.79. The monoisotopic (exact) mass is 222 g/mol. The van der Waals surface area contributed by atoms with Gasteiger partial charge in [-0.2, -0.15) is 0 Å². The molecule has 0 aromatic heterocycles. The first kappa shape index (κ1) is 13.0.